The smallest absolute Gasteiger partial charge is 0.268 e. The molecule has 0 spiro atoms. The minimum Gasteiger partial charge on any atom is -0.496 e. The fourth-order valence-electron chi connectivity index (χ4n) is 4.17. The van der Waals surface area contributed by atoms with Crippen LogP contribution in [-0.2, 0) is 14.4 Å². The second-order valence-electron chi connectivity index (χ2n) is 8.96. The number of aromatic nitrogens is 1. The minimum absolute atomic E-state index is 0.0754. The van der Waals surface area contributed by atoms with Gasteiger partial charge in [0.1, 0.15) is 24.1 Å². The number of fused-ring (bicyclic) bond motifs is 1. The fourth-order valence-corrected chi connectivity index (χ4v) is 4.17. The zero-order valence-corrected chi connectivity index (χ0v) is 19.6. The number of hydrogen-bond donors (Lipinski definition) is 5. The van der Waals surface area contributed by atoms with Gasteiger partial charge in [0.05, 0.1) is 13.2 Å². The Morgan fingerprint density at radius 1 is 1.21 bits per heavy atom. The van der Waals surface area contributed by atoms with Gasteiger partial charge >= 0.3 is 0 Å². The first-order valence-corrected chi connectivity index (χ1v) is 11.4. The van der Waals surface area contributed by atoms with Crippen molar-refractivity contribution in [1.29, 1.82) is 0 Å². The molecule has 0 radical (unpaired) electrons. The second-order valence-corrected chi connectivity index (χ2v) is 8.96. The summed E-state index contributed by atoms with van der Waals surface area (Å²) < 4.78 is 5.33. The number of ketones is 1. The highest BCUT2D eigenvalue weighted by Crippen LogP contribution is 2.26. The molecule has 10 nitrogen and oxygen atoms in total. The van der Waals surface area contributed by atoms with Gasteiger partial charge in [0.15, 0.2) is 5.78 Å². The number of aliphatic hydroxyl groups is 1. The van der Waals surface area contributed by atoms with E-state index >= 15 is 0 Å². The van der Waals surface area contributed by atoms with E-state index in [0.29, 0.717) is 25.1 Å². The normalized spacial score (nSPS) is 17.3. The highest BCUT2D eigenvalue weighted by molar-refractivity contribution is 6.02. The maximum atomic E-state index is 13.1. The van der Waals surface area contributed by atoms with Gasteiger partial charge in [-0.3, -0.25) is 19.2 Å². The summed E-state index contributed by atoms with van der Waals surface area (Å²) >= 11 is 0. The Kier molecular flexibility index (Phi) is 8.27. The van der Waals surface area contributed by atoms with E-state index in [9.17, 15) is 24.3 Å². The molecule has 1 fully saturated rings. The van der Waals surface area contributed by atoms with E-state index in [1.807, 2.05) is 19.9 Å². The zero-order chi connectivity index (χ0) is 24.8. The molecule has 1 aromatic heterocycles. The molecule has 0 bridgehead atoms. The lowest BCUT2D eigenvalue weighted by Crippen LogP contribution is -2.53. The van der Waals surface area contributed by atoms with Crippen molar-refractivity contribution in [3.8, 4) is 5.75 Å². The van der Waals surface area contributed by atoms with Gasteiger partial charge in [0, 0.05) is 23.4 Å². The Bertz CT molecular complexity index is 1060. The standard InChI is InChI=1S/C24H32N4O6/c1-13(2)9-18(23(32)27-17(20(30)12-29)10-14-7-8-25-22(14)31)28-24(33)19-11-15-16(26-19)5-4-6-21(15)34-3/h4-6,11,13-14,17-18,26,29H,7-10,12H2,1-3H3,(H,25,31)(H,27,32)(H,28,33)/t14-,17+,18-/m0/s1. The van der Waals surface area contributed by atoms with Crippen LogP contribution in [0.25, 0.3) is 10.9 Å². The van der Waals surface area contributed by atoms with Crippen LogP contribution in [0.1, 0.15) is 43.6 Å². The van der Waals surface area contributed by atoms with Crippen LogP contribution in [0.15, 0.2) is 24.3 Å². The zero-order valence-electron chi connectivity index (χ0n) is 19.6. The van der Waals surface area contributed by atoms with Crippen molar-refractivity contribution in [2.75, 3.05) is 20.3 Å². The first-order valence-electron chi connectivity index (χ1n) is 11.4. The van der Waals surface area contributed by atoms with Crippen LogP contribution in [0.3, 0.4) is 0 Å². The number of Topliss-reactive ketones (excluding diaryl/α,β-unsaturated/α-hetero) is 1. The summed E-state index contributed by atoms with van der Waals surface area (Å²) in [6, 6.07) is 5.14. The molecule has 3 atom stereocenters. The van der Waals surface area contributed by atoms with Gasteiger partial charge in [0.25, 0.3) is 5.91 Å². The van der Waals surface area contributed by atoms with Crippen molar-refractivity contribution in [1.82, 2.24) is 20.9 Å². The van der Waals surface area contributed by atoms with Gasteiger partial charge in [0.2, 0.25) is 11.8 Å². The number of ether oxygens (including phenoxy) is 1. The molecule has 1 saturated heterocycles. The Balaban J connectivity index is 1.75. The predicted molar refractivity (Wildman–Crippen MR) is 125 cm³/mol. The minimum atomic E-state index is -1.02. The Morgan fingerprint density at radius 2 is 1.97 bits per heavy atom. The number of aliphatic hydroxyl groups excluding tert-OH is 1. The van der Waals surface area contributed by atoms with Crippen molar-refractivity contribution < 1.29 is 29.0 Å². The highest BCUT2D eigenvalue weighted by atomic mass is 16.5. The lowest BCUT2D eigenvalue weighted by Gasteiger charge is -2.24. The van der Waals surface area contributed by atoms with Gasteiger partial charge in [-0.25, -0.2) is 0 Å². The van der Waals surface area contributed by atoms with E-state index in [4.69, 9.17) is 4.74 Å². The van der Waals surface area contributed by atoms with Gasteiger partial charge < -0.3 is 30.8 Å². The third-order valence-corrected chi connectivity index (χ3v) is 5.96. The molecule has 2 aromatic rings. The molecule has 1 aliphatic heterocycles. The van der Waals surface area contributed by atoms with E-state index in [1.165, 1.54) is 0 Å². The van der Waals surface area contributed by atoms with Crippen molar-refractivity contribution in [2.24, 2.45) is 11.8 Å². The number of carbonyl (C=O) groups excluding carboxylic acids is 4. The maximum Gasteiger partial charge on any atom is 0.268 e. The highest BCUT2D eigenvalue weighted by Gasteiger charge is 2.33. The SMILES string of the molecule is COc1cccc2[nH]c(C(=O)N[C@@H](CC(C)C)C(=O)N[C@H](C[C@@H]3CCNC3=O)C(=O)CO)cc12. The molecule has 5 N–H and O–H groups in total. The van der Waals surface area contributed by atoms with Crippen molar-refractivity contribution in [2.45, 2.75) is 45.2 Å². The van der Waals surface area contributed by atoms with E-state index in [1.54, 1.807) is 25.3 Å². The van der Waals surface area contributed by atoms with E-state index < -0.39 is 42.2 Å². The van der Waals surface area contributed by atoms with Gasteiger partial charge in [-0.2, -0.15) is 0 Å². The van der Waals surface area contributed by atoms with Crippen molar-refractivity contribution >= 4 is 34.4 Å². The van der Waals surface area contributed by atoms with Gasteiger partial charge in [-0.15, -0.1) is 0 Å². The van der Waals surface area contributed by atoms with Gasteiger partial charge in [-0.05, 0) is 43.4 Å². The first-order chi connectivity index (χ1) is 16.2. The lowest BCUT2D eigenvalue weighted by molar-refractivity contribution is -0.131. The number of methoxy groups -OCH3 is 1. The number of benzene rings is 1. The molecule has 1 aromatic carbocycles. The maximum absolute atomic E-state index is 13.1. The molecule has 34 heavy (non-hydrogen) atoms. The number of hydrogen-bond acceptors (Lipinski definition) is 6. The average Bonchev–Trinajstić information content (AvgIpc) is 3.43. The summed E-state index contributed by atoms with van der Waals surface area (Å²) in [6.07, 6.45) is 0.992. The summed E-state index contributed by atoms with van der Waals surface area (Å²) in [4.78, 5) is 53.4. The number of nitrogens with one attached hydrogen (secondary N) is 4. The number of rotatable bonds is 11. The van der Waals surface area contributed by atoms with Crippen molar-refractivity contribution in [3.05, 3.63) is 30.0 Å². The molecule has 0 aliphatic carbocycles. The third kappa shape index (κ3) is 5.93. The van der Waals surface area contributed by atoms with E-state index in [0.717, 1.165) is 10.9 Å². The van der Waals surface area contributed by atoms with Crippen LogP contribution < -0.4 is 20.7 Å². The van der Waals surface area contributed by atoms with Crippen LogP contribution >= 0.6 is 0 Å². The largest absolute Gasteiger partial charge is 0.496 e. The Hall–Kier alpha value is -3.40. The lowest BCUT2D eigenvalue weighted by atomic mass is 9.95. The van der Waals surface area contributed by atoms with E-state index in [2.05, 4.69) is 20.9 Å². The number of H-pyrrole nitrogens is 1. The quantitative estimate of drug-likeness (QED) is 0.328. The summed E-state index contributed by atoms with van der Waals surface area (Å²) in [5.74, 6) is -1.49. The monoisotopic (exact) mass is 472 g/mol. The van der Waals surface area contributed by atoms with Crippen LogP contribution in [0, 0.1) is 11.8 Å². The average molecular weight is 473 g/mol. The molecule has 3 rings (SSSR count). The molecular weight excluding hydrogens is 440 g/mol. The van der Waals surface area contributed by atoms with Gasteiger partial charge in [-0.1, -0.05) is 19.9 Å². The molecule has 0 saturated carbocycles. The molecular formula is C24H32N4O6. The molecule has 184 valence electrons. The predicted octanol–water partition coefficient (Wildman–Crippen LogP) is 0.893. The van der Waals surface area contributed by atoms with Crippen LogP contribution in [0.2, 0.25) is 0 Å². The van der Waals surface area contributed by atoms with Crippen LogP contribution in [0.4, 0.5) is 0 Å². The Labute approximate surface area is 197 Å². The molecule has 2 heterocycles. The fraction of sp³-hybridized carbons (Fsp3) is 0.500. The summed E-state index contributed by atoms with van der Waals surface area (Å²) in [5, 5.41) is 18.2. The number of amides is 3. The van der Waals surface area contributed by atoms with Crippen LogP contribution in [0.5, 0.6) is 5.75 Å². The molecule has 3 amide bonds. The van der Waals surface area contributed by atoms with Crippen LogP contribution in [-0.4, -0.2) is 65.9 Å². The topological polar surface area (TPSA) is 150 Å². The molecule has 10 heteroatoms. The summed E-state index contributed by atoms with van der Waals surface area (Å²) in [6.45, 7) is 3.59. The number of aromatic amines is 1. The second kappa shape index (κ2) is 11.1. The summed E-state index contributed by atoms with van der Waals surface area (Å²) in [7, 11) is 1.55. The number of carbonyl (C=O) groups is 4. The summed E-state index contributed by atoms with van der Waals surface area (Å²) in [5.41, 5.74) is 0.990. The third-order valence-electron chi connectivity index (χ3n) is 5.96. The van der Waals surface area contributed by atoms with Crippen molar-refractivity contribution in [3.63, 3.8) is 0 Å². The molecule has 0 unspecified atom stereocenters. The molecule has 1 aliphatic rings. The van der Waals surface area contributed by atoms with E-state index in [-0.39, 0.29) is 23.9 Å². The Morgan fingerprint density at radius 3 is 2.59 bits per heavy atom. The first kappa shape index (κ1) is 25.2.